The van der Waals surface area contributed by atoms with Gasteiger partial charge in [-0.3, -0.25) is 9.69 Å². The fourth-order valence-corrected chi connectivity index (χ4v) is 3.54. The van der Waals surface area contributed by atoms with Crippen LogP contribution in [0.3, 0.4) is 0 Å². The Hall–Kier alpha value is -3.71. The summed E-state index contributed by atoms with van der Waals surface area (Å²) in [5.74, 6) is 0.588. The van der Waals surface area contributed by atoms with E-state index in [1.165, 1.54) is 7.11 Å². The van der Waals surface area contributed by atoms with E-state index in [4.69, 9.17) is 9.47 Å². The average molecular weight is 491 g/mol. The largest absolute Gasteiger partial charge is 0.497 e. The van der Waals surface area contributed by atoms with Crippen LogP contribution in [0.4, 0.5) is 5.69 Å². The molecule has 6 nitrogen and oxygen atoms in total. The number of hydrogen-bond acceptors (Lipinski definition) is 5. The van der Waals surface area contributed by atoms with Crippen molar-refractivity contribution in [2.45, 2.75) is 0 Å². The highest BCUT2D eigenvalue weighted by atomic mass is 79.9. The molecule has 1 amide bonds. The van der Waals surface area contributed by atoms with Gasteiger partial charge in [0.15, 0.2) is 0 Å². The second kappa shape index (κ2) is 9.20. The minimum Gasteiger partial charge on any atom is -0.497 e. The molecule has 0 aromatic heterocycles. The molecule has 0 N–H and O–H groups in total. The molecule has 0 saturated carbocycles. The van der Waals surface area contributed by atoms with E-state index in [0.717, 1.165) is 21.3 Å². The SMILES string of the molecule is COC(=O)c1ccc(/C=C2/N=C(c3ccc(OC)cc3)N(c3ccc(Br)cc3)C2=O)cc1. The number of ether oxygens (including phenoxy) is 2. The molecule has 160 valence electrons. The molecule has 1 aliphatic rings. The van der Waals surface area contributed by atoms with Crippen LogP contribution in [0.25, 0.3) is 6.08 Å². The van der Waals surface area contributed by atoms with Gasteiger partial charge in [-0.15, -0.1) is 0 Å². The van der Waals surface area contributed by atoms with Crippen molar-refractivity contribution in [3.63, 3.8) is 0 Å². The normalized spacial score (nSPS) is 14.5. The maximum atomic E-state index is 13.4. The van der Waals surface area contributed by atoms with Crippen molar-refractivity contribution >= 4 is 45.4 Å². The maximum absolute atomic E-state index is 13.4. The molecule has 0 atom stereocenters. The summed E-state index contributed by atoms with van der Waals surface area (Å²) < 4.78 is 10.9. The number of carbonyl (C=O) groups excluding carboxylic acids is 2. The number of halogens is 1. The van der Waals surface area contributed by atoms with E-state index in [9.17, 15) is 9.59 Å². The minimum absolute atomic E-state index is 0.241. The molecule has 3 aromatic carbocycles. The van der Waals surface area contributed by atoms with Crippen LogP contribution in [-0.4, -0.2) is 31.9 Å². The van der Waals surface area contributed by atoms with Gasteiger partial charge in [-0.05, 0) is 72.3 Å². The number of anilines is 1. The Morgan fingerprint density at radius 2 is 1.59 bits per heavy atom. The molecular formula is C25H19BrN2O4. The average Bonchev–Trinajstić information content (AvgIpc) is 3.15. The molecule has 0 saturated heterocycles. The van der Waals surface area contributed by atoms with Crippen molar-refractivity contribution in [2.75, 3.05) is 19.1 Å². The summed E-state index contributed by atoms with van der Waals surface area (Å²) in [6.45, 7) is 0. The van der Waals surface area contributed by atoms with E-state index in [-0.39, 0.29) is 5.91 Å². The molecule has 0 radical (unpaired) electrons. The Morgan fingerprint density at radius 1 is 0.938 bits per heavy atom. The zero-order valence-electron chi connectivity index (χ0n) is 17.4. The fourth-order valence-electron chi connectivity index (χ4n) is 3.27. The van der Waals surface area contributed by atoms with Crippen LogP contribution in [0.5, 0.6) is 5.75 Å². The first-order valence-corrected chi connectivity index (χ1v) is 10.5. The summed E-state index contributed by atoms with van der Waals surface area (Å²) >= 11 is 3.43. The van der Waals surface area contributed by atoms with Crippen LogP contribution in [0.2, 0.25) is 0 Å². The molecule has 1 heterocycles. The number of amidine groups is 1. The first kappa shape index (κ1) is 21.5. The summed E-state index contributed by atoms with van der Waals surface area (Å²) in [5, 5.41) is 0. The number of hydrogen-bond donors (Lipinski definition) is 0. The summed E-state index contributed by atoms with van der Waals surface area (Å²) in [5.41, 5.74) is 2.97. The van der Waals surface area contributed by atoms with E-state index >= 15 is 0 Å². The highest BCUT2D eigenvalue weighted by Gasteiger charge is 2.32. The lowest BCUT2D eigenvalue weighted by Gasteiger charge is -2.18. The van der Waals surface area contributed by atoms with Crippen molar-refractivity contribution in [2.24, 2.45) is 4.99 Å². The second-order valence-corrected chi connectivity index (χ2v) is 7.84. The summed E-state index contributed by atoms with van der Waals surface area (Å²) in [4.78, 5) is 31.3. The highest BCUT2D eigenvalue weighted by molar-refractivity contribution is 9.10. The van der Waals surface area contributed by atoms with Crippen molar-refractivity contribution in [1.82, 2.24) is 0 Å². The van der Waals surface area contributed by atoms with Crippen LogP contribution >= 0.6 is 15.9 Å². The number of benzene rings is 3. The standard InChI is InChI=1S/C25H19BrN2O4/c1-31-21-13-7-17(8-14-21)23-27-22(15-16-3-5-18(6-4-16)25(30)32-2)24(29)28(23)20-11-9-19(26)10-12-20/h3-15H,1-2H3/b22-15+. The predicted octanol–water partition coefficient (Wildman–Crippen LogP) is 5.08. The van der Waals surface area contributed by atoms with Gasteiger partial charge in [-0.1, -0.05) is 28.1 Å². The molecule has 0 bridgehead atoms. The predicted molar refractivity (Wildman–Crippen MR) is 127 cm³/mol. The Bertz CT molecular complexity index is 1210. The first-order valence-electron chi connectivity index (χ1n) is 9.73. The molecule has 7 heteroatoms. The van der Waals surface area contributed by atoms with Crippen molar-refractivity contribution in [3.8, 4) is 5.75 Å². The number of carbonyl (C=O) groups is 2. The summed E-state index contributed by atoms with van der Waals surface area (Å²) in [6.07, 6.45) is 1.70. The number of methoxy groups -OCH3 is 2. The summed E-state index contributed by atoms with van der Waals surface area (Å²) in [7, 11) is 2.94. The third kappa shape index (κ3) is 4.33. The molecule has 0 aliphatic carbocycles. The summed E-state index contributed by atoms with van der Waals surface area (Å²) in [6, 6.07) is 21.7. The van der Waals surface area contributed by atoms with E-state index < -0.39 is 5.97 Å². The molecule has 0 unspecified atom stereocenters. The molecule has 0 spiro atoms. The van der Waals surface area contributed by atoms with Gasteiger partial charge in [0.05, 0.1) is 25.5 Å². The van der Waals surface area contributed by atoms with Gasteiger partial charge in [0, 0.05) is 10.0 Å². The van der Waals surface area contributed by atoms with Crippen LogP contribution in [0, 0.1) is 0 Å². The van der Waals surface area contributed by atoms with Crippen molar-refractivity contribution < 1.29 is 19.1 Å². The van der Waals surface area contributed by atoms with Gasteiger partial charge in [0.1, 0.15) is 17.3 Å². The Labute approximate surface area is 193 Å². The van der Waals surface area contributed by atoms with Gasteiger partial charge >= 0.3 is 5.97 Å². The quantitative estimate of drug-likeness (QED) is 0.369. The van der Waals surface area contributed by atoms with Crippen LogP contribution in [0.1, 0.15) is 21.5 Å². The van der Waals surface area contributed by atoms with E-state index in [2.05, 4.69) is 20.9 Å². The number of nitrogens with zero attached hydrogens (tertiary/aromatic N) is 2. The molecule has 3 aromatic rings. The Kier molecular flexibility index (Phi) is 6.18. The lowest BCUT2D eigenvalue weighted by molar-refractivity contribution is -0.113. The monoisotopic (exact) mass is 490 g/mol. The molecule has 4 rings (SSSR count). The van der Waals surface area contributed by atoms with Gasteiger partial charge in [0.2, 0.25) is 0 Å². The van der Waals surface area contributed by atoms with E-state index in [1.807, 2.05) is 48.5 Å². The minimum atomic E-state index is -0.414. The van der Waals surface area contributed by atoms with Gasteiger partial charge in [-0.25, -0.2) is 9.79 Å². The van der Waals surface area contributed by atoms with Crippen molar-refractivity contribution in [1.29, 1.82) is 0 Å². The molecule has 32 heavy (non-hydrogen) atoms. The molecular weight excluding hydrogens is 472 g/mol. The van der Waals surface area contributed by atoms with Crippen LogP contribution in [-0.2, 0) is 9.53 Å². The first-order chi connectivity index (χ1) is 15.5. The second-order valence-electron chi connectivity index (χ2n) is 6.92. The third-order valence-corrected chi connectivity index (χ3v) is 5.46. The van der Waals surface area contributed by atoms with Crippen LogP contribution in [0.15, 0.2) is 88.0 Å². The van der Waals surface area contributed by atoms with E-state index in [0.29, 0.717) is 22.8 Å². The maximum Gasteiger partial charge on any atom is 0.337 e. The lowest BCUT2D eigenvalue weighted by Crippen LogP contribution is -2.32. The van der Waals surface area contributed by atoms with Crippen molar-refractivity contribution in [3.05, 3.63) is 99.7 Å². The number of esters is 1. The van der Waals surface area contributed by atoms with E-state index in [1.54, 1.807) is 42.4 Å². The number of rotatable bonds is 5. The molecule has 0 fully saturated rings. The lowest BCUT2D eigenvalue weighted by atomic mass is 10.1. The van der Waals surface area contributed by atoms with Crippen LogP contribution < -0.4 is 9.64 Å². The van der Waals surface area contributed by atoms with Gasteiger partial charge in [-0.2, -0.15) is 0 Å². The molecule has 1 aliphatic heterocycles. The van der Waals surface area contributed by atoms with Gasteiger partial charge < -0.3 is 9.47 Å². The van der Waals surface area contributed by atoms with Gasteiger partial charge in [0.25, 0.3) is 5.91 Å². The third-order valence-electron chi connectivity index (χ3n) is 4.93. The smallest absolute Gasteiger partial charge is 0.337 e. The fraction of sp³-hybridized carbons (Fsp3) is 0.0800. The number of aliphatic imine (C=N–C) groups is 1. The zero-order valence-corrected chi connectivity index (χ0v) is 19.0. The highest BCUT2D eigenvalue weighted by Crippen LogP contribution is 2.29. The Balaban J connectivity index is 1.75. The number of amides is 1. The Morgan fingerprint density at radius 3 is 2.19 bits per heavy atom. The zero-order chi connectivity index (χ0) is 22.7. The topological polar surface area (TPSA) is 68.2 Å².